The van der Waals surface area contributed by atoms with Crippen LogP contribution in [0.3, 0.4) is 0 Å². The molecule has 0 saturated carbocycles. The predicted molar refractivity (Wildman–Crippen MR) is 237 cm³/mol. The topological polar surface area (TPSA) is 152 Å². The molecule has 2 aromatic carbocycles. The third-order valence-electron chi connectivity index (χ3n) is 12.9. The third kappa shape index (κ3) is 8.61. The van der Waals surface area contributed by atoms with Gasteiger partial charge >= 0.3 is 0 Å². The molecule has 2 saturated heterocycles. The van der Waals surface area contributed by atoms with Crippen LogP contribution in [0.2, 0.25) is 0 Å². The zero-order valence-corrected chi connectivity index (χ0v) is 38.7. The number of fused-ring (bicyclic) bond motifs is 12. The molecule has 4 aromatic rings. The van der Waals surface area contributed by atoms with Crippen molar-refractivity contribution >= 4 is 11.6 Å². The number of hydrogen-bond donors (Lipinski definition) is 0. The van der Waals surface area contributed by atoms with Crippen molar-refractivity contribution in [3.8, 4) is 45.5 Å². The Morgan fingerprint density at radius 1 is 0.662 bits per heavy atom. The fraction of sp³-hybridized carbons (Fsp3) is 0.510. The summed E-state index contributed by atoms with van der Waals surface area (Å²) in [6, 6.07) is 6.63. The molecular weight excluding hydrogens is 847 g/mol. The molecule has 16 heteroatoms. The van der Waals surface area contributed by atoms with Crippen molar-refractivity contribution in [1.29, 1.82) is 0 Å². The van der Waals surface area contributed by atoms with Crippen molar-refractivity contribution in [3.05, 3.63) is 91.0 Å². The molecule has 2 fully saturated rings. The lowest BCUT2D eigenvalue weighted by molar-refractivity contribution is -0.0432. The van der Waals surface area contributed by atoms with Crippen molar-refractivity contribution in [2.75, 3.05) is 74.7 Å². The molecule has 350 valence electrons. The summed E-state index contributed by atoms with van der Waals surface area (Å²) in [5.41, 5.74) is -0.0452. The van der Waals surface area contributed by atoms with Gasteiger partial charge in [0.15, 0.2) is 46.2 Å². The number of benzene rings is 2. The van der Waals surface area contributed by atoms with Gasteiger partial charge in [0.25, 0.3) is 0 Å². The monoisotopic (exact) mass is 904 g/mol. The molecule has 0 N–H and O–H groups in total. The van der Waals surface area contributed by atoms with Gasteiger partial charge in [-0.3, -0.25) is 19.2 Å². The van der Waals surface area contributed by atoms with E-state index in [-0.39, 0.29) is 51.8 Å². The first kappa shape index (κ1) is 47.5. The van der Waals surface area contributed by atoms with Gasteiger partial charge in [-0.15, -0.1) is 0 Å². The summed E-state index contributed by atoms with van der Waals surface area (Å²) in [5, 5.41) is 0. The van der Waals surface area contributed by atoms with Crippen LogP contribution in [0.4, 0.5) is 8.78 Å². The first-order chi connectivity index (χ1) is 30.9. The Bertz CT molecular complexity index is 2620. The van der Waals surface area contributed by atoms with Crippen LogP contribution in [-0.4, -0.2) is 101 Å². The van der Waals surface area contributed by atoms with E-state index in [0.29, 0.717) is 93.2 Å². The molecule has 4 atom stereocenters. The number of ether oxygens (including phenoxy) is 8. The van der Waals surface area contributed by atoms with Gasteiger partial charge in [-0.05, 0) is 63.1 Å². The summed E-state index contributed by atoms with van der Waals surface area (Å²) >= 11 is 0. The Morgan fingerprint density at radius 3 is 1.54 bits per heavy atom. The zero-order chi connectivity index (χ0) is 47.1. The molecular formula is C49H58F2N2O12. The Labute approximate surface area is 376 Å². The van der Waals surface area contributed by atoms with Gasteiger partial charge in [-0.1, -0.05) is 13.8 Å². The van der Waals surface area contributed by atoms with Gasteiger partial charge in [0.1, 0.15) is 0 Å². The highest BCUT2D eigenvalue weighted by Crippen LogP contribution is 2.56. The minimum Gasteiger partial charge on any atom is -0.493 e. The number of hydrogen-bond acceptors (Lipinski definition) is 12. The average molecular weight is 905 g/mol. The second-order valence-corrected chi connectivity index (χ2v) is 18.1. The minimum absolute atomic E-state index is 0.110. The fourth-order valence-electron chi connectivity index (χ4n) is 9.90. The van der Waals surface area contributed by atoms with Crippen LogP contribution in [0.1, 0.15) is 110 Å². The standard InChI is InChI=1S/C25H30FNO6.C24H28FNO6/c1-14(28)17-11-27-22(21(26)23(17)29)16-10-19(31-5)20(33-8-6-7-30-4)9-15(16)18-12-32-13-25(2,3)24(18)27;1-13(27)16-11-26-21(20(25)22(16)28)15-10-18(30-5)19(31-8-6-7-29-4)9-14(15)17-12-32-24(2,3)23(17)26/h9-11,18,24H,6-8,12-13H2,1-5H3;9-11,17,23H,6-8,12H2,1-5H3/t18-,24+;17-,23+/m11/s1. The van der Waals surface area contributed by atoms with Gasteiger partial charge in [0.05, 0.1) is 87.5 Å². The van der Waals surface area contributed by atoms with E-state index in [1.807, 2.05) is 39.8 Å². The van der Waals surface area contributed by atoms with Crippen LogP contribution in [0, 0.1) is 17.0 Å². The van der Waals surface area contributed by atoms with Crippen LogP contribution < -0.4 is 29.8 Å². The van der Waals surface area contributed by atoms with E-state index in [0.717, 1.165) is 11.1 Å². The van der Waals surface area contributed by atoms with E-state index in [4.69, 9.17) is 37.9 Å². The Morgan fingerprint density at radius 2 is 1.11 bits per heavy atom. The van der Waals surface area contributed by atoms with Crippen LogP contribution in [0.25, 0.3) is 22.5 Å². The average Bonchev–Trinajstić information content (AvgIpc) is 3.59. The smallest absolute Gasteiger partial charge is 0.228 e. The van der Waals surface area contributed by atoms with Gasteiger partial charge in [-0.2, -0.15) is 0 Å². The molecule has 0 bridgehead atoms. The molecule has 14 nitrogen and oxygen atoms in total. The largest absolute Gasteiger partial charge is 0.493 e. The van der Waals surface area contributed by atoms with E-state index in [1.54, 1.807) is 35.5 Å². The highest BCUT2D eigenvalue weighted by Gasteiger charge is 2.50. The van der Waals surface area contributed by atoms with E-state index in [9.17, 15) is 19.2 Å². The number of ketones is 2. The lowest BCUT2D eigenvalue weighted by Crippen LogP contribution is -2.45. The molecule has 65 heavy (non-hydrogen) atoms. The number of pyridine rings is 2. The number of Topliss-reactive ketones (excluding diaryl/α,β-unsaturated/α-hetero) is 2. The summed E-state index contributed by atoms with van der Waals surface area (Å²) in [7, 11) is 6.30. The van der Waals surface area contributed by atoms with Crippen LogP contribution in [0.5, 0.6) is 23.0 Å². The number of carbonyl (C=O) groups is 2. The molecule has 6 heterocycles. The van der Waals surface area contributed by atoms with Gasteiger partial charge in [-0.25, -0.2) is 8.78 Å². The normalized spacial score (nSPS) is 20.4. The Hall–Kier alpha value is -5.42. The quantitative estimate of drug-likeness (QED) is 0.0901. The first-order valence-electron chi connectivity index (χ1n) is 21.7. The number of rotatable bonds is 14. The molecule has 0 aliphatic carbocycles. The molecule has 4 aliphatic heterocycles. The van der Waals surface area contributed by atoms with E-state index < -0.39 is 39.7 Å². The second-order valence-electron chi connectivity index (χ2n) is 18.1. The van der Waals surface area contributed by atoms with Crippen molar-refractivity contribution < 1.29 is 56.3 Å². The lowest BCUT2D eigenvalue weighted by atomic mass is 9.70. The highest BCUT2D eigenvalue weighted by atomic mass is 19.1. The Kier molecular flexibility index (Phi) is 13.8. The molecule has 8 rings (SSSR count). The van der Waals surface area contributed by atoms with Crippen molar-refractivity contribution in [2.24, 2.45) is 5.41 Å². The van der Waals surface area contributed by atoms with Gasteiger partial charge < -0.3 is 47.0 Å². The third-order valence-corrected chi connectivity index (χ3v) is 12.9. The molecule has 0 radical (unpaired) electrons. The lowest BCUT2D eigenvalue weighted by Gasteiger charge is -2.49. The summed E-state index contributed by atoms with van der Waals surface area (Å²) in [4.78, 5) is 49.5. The summed E-state index contributed by atoms with van der Waals surface area (Å²) in [5.74, 6) is -1.07. The maximum atomic E-state index is 15.6. The summed E-state index contributed by atoms with van der Waals surface area (Å²) in [6.45, 7) is 13.8. The zero-order valence-electron chi connectivity index (χ0n) is 38.7. The van der Waals surface area contributed by atoms with Crippen LogP contribution in [0.15, 0.2) is 46.2 Å². The number of aromatic nitrogens is 2. The number of methoxy groups -OCH3 is 4. The maximum absolute atomic E-state index is 15.6. The van der Waals surface area contributed by atoms with E-state index in [2.05, 4.69) is 0 Å². The number of nitrogens with zero attached hydrogens (tertiary/aromatic N) is 2. The minimum atomic E-state index is -0.948. The summed E-state index contributed by atoms with van der Waals surface area (Å²) in [6.07, 6.45) is 4.40. The number of halogens is 2. The predicted octanol–water partition coefficient (Wildman–Crippen LogP) is 7.70. The Balaban J connectivity index is 0.000000194. The molecule has 4 aliphatic rings. The first-order valence-corrected chi connectivity index (χ1v) is 21.7. The van der Waals surface area contributed by atoms with Crippen LogP contribution in [-0.2, 0) is 18.9 Å². The molecule has 0 spiro atoms. The SMILES string of the molecule is COCCCOc1cc2c(cc1OC)-c1c(F)c(=O)c(C(C)=O)cn1[C@H]1[C@@H]2COC1(C)C.COCCCOc1cc2c(cc1OC)-c1c(F)c(=O)c(C(C)=O)cn1[C@H]1[C@@H]2COCC1(C)C. The molecule has 2 aromatic heterocycles. The van der Waals surface area contributed by atoms with Gasteiger partial charge in [0.2, 0.25) is 10.9 Å². The van der Waals surface area contributed by atoms with Crippen molar-refractivity contribution in [2.45, 2.75) is 83.9 Å². The van der Waals surface area contributed by atoms with E-state index >= 15 is 8.78 Å². The van der Waals surface area contributed by atoms with Crippen LogP contribution >= 0.6 is 0 Å². The fourth-order valence-corrected chi connectivity index (χ4v) is 9.90. The van der Waals surface area contributed by atoms with E-state index in [1.165, 1.54) is 40.5 Å². The second kappa shape index (κ2) is 18.8. The van der Waals surface area contributed by atoms with Crippen molar-refractivity contribution in [3.63, 3.8) is 0 Å². The number of carbonyl (C=O) groups excluding carboxylic acids is 2. The molecule has 0 amide bonds. The van der Waals surface area contributed by atoms with Gasteiger partial charge in [0, 0.05) is 81.0 Å². The highest BCUT2D eigenvalue weighted by molar-refractivity contribution is 5.95. The molecule has 0 unspecified atom stereocenters. The van der Waals surface area contributed by atoms with Crippen molar-refractivity contribution in [1.82, 2.24) is 9.13 Å². The maximum Gasteiger partial charge on any atom is 0.228 e. The summed E-state index contributed by atoms with van der Waals surface area (Å²) < 4.78 is 79.7.